The fraction of sp³-hybridized carbons (Fsp3) is 0.609. The quantitative estimate of drug-likeness (QED) is 0.574. The molecule has 34 heavy (non-hydrogen) atoms. The second-order valence-corrected chi connectivity index (χ2v) is 10.9. The maximum absolute atomic E-state index is 13.0. The number of likely N-dealkylation sites (tertiary alicyclic amines) is 1. The molecule has 11 heteroatoms. The number of nitrogens with zero attached hydrogens (tertiary/aromatic N) is 2. The van der Waals surface area contributed by atoms with Crippen LogP contribution in [0, 0.1) is 5.41 Å². The van der Waals surface area contributed by atoms with Gasteiger partial charge >= 0.3 is 0 Å². The molecule has 1 aliphatic carbocycles. The lowest BCUT2D eigenvalue weighted by molar-refractivity contribution is -0.144. The summed E-state index contributed by atoms with van der Waals surface area (Å²) in [6.45, 7) is 2.81. The first-order chi connectivity index (χ1) is 16.3. The molecular weight excluding hydrogens is 462 g/mol. The number of carbonyl (C=O) groups excluding carboxylic acids is 3. The van der Waals surface area contributed by atoms with Crippen molar-refractivity contribution in [1.29, 1.82) is 0 Å². The van der Waals surface area contributed by atoms with Crippen LogP contribution in [0.2, 0.25) is 0 Å². The minimum absolute atomic E-state index is 0.0163. The predicted octanol–water partition coefficient (Wildman–Crippen LogP) is 1.75. The van der Waals surface area contributed by atoms with Crippen LogP contribution in [-0.2, 0) is 29.1 Å². The van der Waals surface area contributed by atoms with E-state index >= 15 is 0 Å². The number of morpholine rings is 1. The molecule has 3 aliphatic rings. The summed E-state index contributed by atoms with van der Waals surface area (Å²) >= 11 is 0. The Kier molecular flexibility index (Phi) is 7.25. The van der Waals surface area contributed by atoms with Crippen molar-refractivity contribution in [3.63, 3.8) is 0 Å². The van der Waals surface area contributed by atoms with E-state index in [0.717, 1.165) is 24.2 Å². The van der Waals surface area contributed by atoms with E-state index in [-0.39, 0.29) is 41.9 Å². The van der Waals surface area contributed by atoms with Gasteiger partial charge in [0.25, 0.3) is 0 Å². The standard InChI is InChI=1S/C23H31N3O7S/c1-2-33-19-7-6-17(34(30,31)25-10-12-32-13-11-25)14-18(19)24-20(27)16-26-21(28)15-23(22(26)29)8-4-3-5-9-23/h6-7,14H,2-5,8-13,15-16H2,1H3,(H,24,27). The van der Waals surface area contributed by atoms with Crippen LogP contribution in [0.3, 0.4) is 0 Å². The summed E-state index contributed by atoms with van der Waals surface area (Å²) in [5.41, 5.74) is -0.495. The van der Waals surface area contributed by atoms with Gasteiger partial charge in [-0.05, 0) is 38.0 Å². The highest BCUT2D eigenvalue weighted by atomic mass is 32.2. The summed E-state index contributed by atoms with van der Waals surface area (Å²) in [6, 6.07) is 4.28. The Bertz CT molecular complexity index is 1060. The van der Waals surface area contributed by atoms with Gasteiger partial charge in [-0.15, -0.1) is 0 Å². The number of rotatable bonds is 7. The van der Waals surface area contributed by atoms with E-state index in [1.807, 2.05) is 0 Å². The van der Waals surface area contributed by atoms with Gasteiger partial charge < -0.3 is 14.8 Å². The molecule has 2 heterocycles. The number of imide groups is 1. The van der Waals surface area contributed by atoms with Crippen molar-refractivity contribution < 1.29 is 32.3 Å². The number of sulfonamides is 1. The van der Waals surface area contributed by atoms with Crippen LogP contribution in [0.5, 0.6) is 5.75 Å². The molecule has 1 aromatic rings. The smallest absolute Gasteiger partial charge is 0.244 e. The number of nitrogens with one attached hydrogen (secondary N) is 1. The van der Waals surface area contributed by atoms with Gasteiger partial charge in [0, 0.05) is 19.5 Å². The normalized spacial score (nSPS) is 21.1. The first-order valence-electron chi connectivity index (χ1n) is 11.8. The van der Waals surface area contributed by atoms with Gasteiger partial charge in [0.05, 0.1) is 35.8 Å². The van der Waals surface area contributed by atoms with Crippen molar-refractivity contribution in [2.24, 2.45) is 5.41 Å². The minimum atomic E-state index is -3.78. The van der Waals surface area contributed by atoms with E-state index in [1.165, 1.54) is 22.5 Å². The largest absolute Gasteiger partial charge is 0.492 e. The lowest BCUT2D eigenvalue weighted by atomic mass is 9.73. The topological polar surface area (TPSA) is 122 Å². The van der Waals surface area contributed by atoms with Gasteiger partial charge in [0.1, 0.15) is 12.3 Å². The lowest BCUT2D eigenvalue weighted by Crippen LogP contribution is -2.41. The second-order valence-electron chi connectivity index (χ2n) is 8.96. The SMILES string of the molecule is CCOc1ccc(S(=O)(=O)N2CCOCC2)cc1NC(=O)CN1C(=O)CC2(CCCCC2)C1=O. The van der Waals surface area contributed by atoms with E-state index < -0.39 is 27.9 Å². The molecular formula is C23H31N3O7S. The third kappa shape index (κ3) is 4.82. The van der Waals surface area contributed by atoms with Crippen molar-refractivity contribution in [3.8, 4) is 5.75 Å². The zero-order chi connectivity index (χ0) is 24.3. The molecule has 186 valence electrons. The number of anilines is 1. The molecule has 4 rings (SSSR count). The number of amides is 3. The van der Waals surface area contributed by atoms with Gasteiger partial charge in [-0.2, -0.15) is 4.31 Å². The Morgan fingerprint density at radius 3 is 2.53 bits per heavy atom. The summed E-state index contributed by atoms with van der Waals surface area (Å²) in [5, 5.41) is 2.65. The molecule has 3 fully saturated rings. The second kappa shape index (κ2) is 10.0. The van der Waals surface area contributed by atoms with Crippen LogP contribution in [0.4, 0.5) is 5.69 Å². The van der Waals surface area contributed by atoms with E-state index in [4.69, 9.17) is 9.47 Å². The van der Waals surface area contributed by atoms with Gasteiger partial charge in [-0.25, -0.2) is 8.42 Å². The van der Waals surface area contributed by atoms with E-state index in [2.05, 4.69) is 5.32 Å². The van der Waals surface area contributed by atoms with E-state index in [9.17, 15) is 22.8 Å². The van der Waals surface area contributed by atoms with Crippen molar-refractivity contribution >= 4 is 33.4 Å². The van der Waals surface area contributed by atoms with Crippen LogP contribution in [-0.4, -0.2) is 74.8 Å². The molecule has 0 radical (unpaired) electrons. The summed E-state index contributed by atoms with van der Waals surface area (Å²) < 4.78 is 38.2. The first kappa shape index (κ1) is 24.6. The fourth-order valence-corrected chi connectivity index (χ4v) is 6.39. The maximum atomic E-state index is 13.0. The molecule has 1 spiro atoms. The Hall–Kier alpha value is -2.50. The first-order valence-corrected chi connectivity index (χ1v) is 13.2. The van der Waals surface area contributed by atoms with Crippen LogP contribution < -0.4 is 10.1 Å². The van der Waals surface area contributed by atoms with Crippen LogP contribution in [0.15, 0.2) is 23.1 Å². The predicted molar refractivity (Wildman–Crippen MR) is 123 cm³/mol. The number of hydrogen-bond acceptors (Lipinski definition) is 7. The van der Waals surface area contributed by atoms with Crippen LogP contribution >= 0.6 is 0 Å². The van der Waals surface area contributed by atoms with Gasteiger partial charge in [-0.3, -0.25) is 19.3 Å². The summed E-state index contributed by atoms with van der Waals surface area (Å²) in [4.78, 5) is 39.5. The van der Waals surface area contributed by atoms with E-state index in [1.54, 1.807) is 6.92 Å². The lowest BCUT2D eigenvalue weighted by Gasteiger charge is -2.30. The molecule has 0 unspecified atom stereocenters. The Morgan fingerprint density at radius 2 is 1.85 bits per heavy atom. The van der Waals surface area contributed by atoms with Crippen molar-refractivity contribution in [2.45, 2.75) is 50.3 Å². The average molecular weight is 494 g/mol. The van der Waals surface area contributed by atoms with Gasteiger partial charge in [0.15, 0.2) is 0 Å². The van der Waals surface area contributed by atoms with Gasteiger partial charge in [0.2, 0.25) is 27.7 Å². The number of benzene rings is 1. The molecule has 2 saturated heterocycles. The monoisotopic (exact) mass is 493 g/mol. The third-order valence-electron chi connectivity index (χ3n) is 6.73. The van der Waals surface area contributed by atoms with Crippen molar-refractivity contribution in [1.82, 2.24) is 9.21 Å². The highest BCUT2D eigenvalue weighted by Gasteiger charge is 2.51. The van der Waals surface area contributed by atoms with Gasteiger partial charge in [-0.1, -0.05) is 19.3 Å². The average Bonchev–Trinajstić information content (AvgIpc) is 3.05. The Balaban J connectivity index is 1.51. The molecule has 1 N–H and O–H groups in total. The molecule has 1 saturated carbocycles. The van der Waals surface area contributed by atoms with Crippen molar-refractivity contribution in [3.05, 3.63) is 18.2 Å². The zero-order valence-electron chi connectivity index (χ0n) is 19.4. The summed E-state index contributed by atoms with van der Waals surface area (Å²) in [7, 11) is -3.78. The summed E-state index contributed by atoms with van der Waals surface area (Å²) in [6.07, 6.45) is 4.35. The number of carbonyl (C=O) groups is 3. The maximum Gasteiger partial charge on any atom is 0.244 e. The number of ether oxygens (including phenoxy) is 2. The molecule has 2 aliphatic heterocycles. The Labute approximate surface area is 199 Å². The minimum Gasteiger partial charge on any atom is -0.492 e. The molecule has 0 atom stereocenters. The number of hydrogen-bond donors (Lipinski definition) is 1. The molecule has 1 aromatic carbocycles. The molecule has 3 amide bonds. The van der Waals surface area contributed by atoms with Crippen molar-refractivity contribution in [2.75, 3.05) is 44.8 Å². The highest BCUT2D eigenvalue weighted by Crippen LogP contribution is 2.45. The molecule has 10 nitrogen and oxygen atoms in total. The van der Waals surface area contributed by atoms with E-state index in [0.29, 0.717) is 38.4 Å². The zero-order valence-corrected chi connectivity index (χ0v) is 20.2. The Morgan fingerprint density at radius 1 is 1.15 bits per heavy atom. The molecule has 0 bridgehead atoms. The fourth-order valence-electron chi connectivity index (χ4n) is 4.96. The molecule has 0 aromatic heterocycles. The highest BCUT2D eigenvalue weighted by molar-refractivity contribution is 7.89. The van der Waals surface area contributed by atoms with Crippen LogP contribution in [0.25, 0.3) is 0 Å². The van der Waals surface area contributed by atoms with Crippen LogP contribution in [0.1, 0.15) is 45.4 Å². The third-order valence-corrected chi connectivity index (χ3v) is 8.63. The summed E-state index contributed by atoms with van der Waals surface area (Å²) in [5.74, 6) is -0.896.